The van der Waals surface area contributed by atoms with Crippen LogP contribution in [-0.4, -0.2) is 41.6 Å². The first-order chi connectivity index (χ1) is 12.7. The van der Waals surface area contributed by atoms with E-state index in [0.29, 0.717) is 6.04 Å². The number of hydrogen-bond donors (Lipinski definition) is 2. The van der Waals surface area contributed by atoms with E-state index in [1.807, 2.05) is 19.2 Å². The molecule has 1 saturated heterocycles. The normalized spacial score (nSPS) is 17.7. The highest BCUT2D eigenvalue weighted by atomic mass is 32.1. The molecule has 1 fully saturated rings. The molecular weight excluding hydrogens is 348 g/mol. The van der Waals surface area contributed by atoms with Gasteiger partial charge in [0.1, 0.15) is 16.6 Å². The summed E-state index contributed by atoms with van der Waals surface area (Å²) >= 11 is 1.56. The highest BCUT2D eigenvalue weighted by Gasteiger charge is 2.28. The molecule has 0 radical (unpaired) electrons. The number of aromatic nitrogens is 6. The van der Waals surface area contributed by atoms with Crippen molar-refractivity contribution in [2.24, 2.45) is 0 Å². The zero-order valence-electron chi connectivity index (χ0n) is 14.9. The molecule has 2 N–H and O–H groups in total. The molecule has 26 heavy (non-hydrogen) atoms. The maximum Gasteiger partial charge on any atom is 0.211 e. The zero-order valence-corrected chi connectivity index (χ0v) is 15.8. The average molecular weight is 370 g/mol. The lowest BCUT2D eigenvalue weighted by Crippen LogP contribution is -2.24. The van der Waals surface area contributed by atoms with Crippen LogP contribution in [0.4, 0.5) is 10.9 Å². The number of nitrogens with zero attached hydrogens (tertiary/aromatic N) is 6. The summed E-state index contributed by atoms with van der Waals surface area (Å²) in [6, 6.07) is 2.33. The first kappa shape index (κ1) is 17.0. The molecule has 0 spiro atoms. The Bertz CT molecular complexity index is 860. The number of aromatic amines is 1. The van der Waals surface area contributed by atoms with Crippen LogP contribution in [0, 0.1) is 6.92 Å². The standard InChI is InChI=1S/C17H22N8S/c1-3-16-23-24-17(26-16)22-15-7-13(20-11(2)21-15)14-5-4-6-25(14)9-12-8-18-10-19-12/h7-8,10,14H,3-6,9H2,1-2H3,(H,18,19)(H,20,21,22,24). The molecule has 0 saturated carbocycles. The van der Waals surface area contributed by atoms with Gasteiger partial charge in [0.2, 0.25) is 5.13 Å². The van der Waals surface area contributed by atoms with Gasteiger partial charge >= 0.3 is 0 Å². The van der Waals surface area contributed by atoms with Crippen LogP contribution >= 0.6 is 11.3 Å². The highest BCUT2D eigenvalue weighted by molar-refractivity contribution is 7.15. The van der Waals surface area contributed by atoms with Crippen molar-refractivity contribution in [2.45, 2.75) is 45.7 Å². The number of likely N-dealkylation sites (tertiary alicyclic amines) is 1. The molecule has 1 atom stereocenters. The molecule has 4 heterocycles. The second kappa shape index (κ2) is 7.46. The Labute approximate surface area is 156 Å². The molecule has 9 heteroatoms. The minimum absolute atomic E-state index is 0.293. The van der Waals surface area contributed by atoms with Gasteiger partial charge in [0.05, 0.1) is 18.1 Å². The third kappa shape index (κ3) is 3.73. The van der Waals surface area contributed by atoms with Gasteiger partial charge in [0, 0.05) is 24.5 Å². The van der Waals surface area contributed by atoms with E-state index in [9.17, 15) is 0 Å². The molecule has 3 aromatic rings. The fourth-order valence-electron chi connectivity index (χ4n) is 3.32. The molecule has 0 bridgehead atoms. The van der Waals surface area contributed by atoms with Gasteiger partial charge in [0.15, 0.2) is 0 Å². The van der Waals surface area contributed by atoms with E-state index in [0.717, 1.165) is 59.1 Å². The lowest BCUT2D eigenvalue weighted by atomic mass is 10.1. The zero-order chi connectivity index (χ0) is 17.9. The Balaban J connectivity index is 1.54. The fraction of sp³-hybridized carbons (Fsp3) is 0.471. The van der Waals surface area contributed by atoms with Crippen LogP contribution < -0.4 is 5.32 Å². The third-order valence-corrected chi connectivity index (χ3v) is 5.48. The Morgan fingerprint density at radius 1 is 1.35 bits per heavy atom. The van der Waals surface area contributed by atoms with E-state index in [1.54, 1.807) is 17.7 Å². The van der Waals surface area contributed by atoms with Crippen LogP contribution in [0.1, 0.15) is 48.0 Å². The Kier molecular flexibility index (Phi) is 4.89. The maximum absolute atomic E-state index is 4.71. The molecule has 136 valence electrons. The molecule has 3 aromatic heterocycles. The van der Waals surface area contributed by atoms with Crippen LogP contribution in [-0.2, 0) is 13.0 Å². The second-order valence-corrected chi connectivity index (χ2v) is 7.47. The van der Waals surface area contributed by atoms with Crippen LogP contribution in [0.15, 0.2) is 18.6 Å². The first-order valence-corrected chi connectivity index (χ1v) is 9.69. The summed E-state index contributed by atoms with van der Waals surface area (Å²) in [5, 5.41) is 13.4. The molecule has 1 aliphatic rings. The second-order valence-electron chi connectivity index (χ2n) is 6.41. The van der Waals surface area contributed by atoms with Gasteiger partial charge in [-0.3, -0.25) is 4.90 Å². The predicted octanol–water partition coefficient (Wildman–Crippen LogP) is 3.00. The number of hydrogen-bond acceptors (Lipinski definition) is 8. The minimum atomic E-state index is 0.293. The summed E-state index contributed by atoms with van der Waals surface area (Å²) in [5.41, 5.74) is 2.18. The van der Waals surface area contributed by atoms with Crippen molar-refractivity contribution < 1.29 is 0 Å². The molecule has 0 amide bonds. The van der Waals surface area contributed by atoms with Crippen LogP contribution in [0.5, 0.6) is 0 Å². The smallest absolute Gasteiger partial charge is 0.211 e. The summed E-state index contributed by atoms with van der Waals surface area (Å²) in [4.78, 5) is 19.0. The fourth-order valence-corrected chi connectivity index (χ4v) is 4.01. The highest BCUT2D eigenvalue weighted by Crippen LogP contribution is 2.33. The van der Waals surface area contributed by atoms with Crippen molar-refractivity contribution in [3.63, 3.8) is 0 Å². The SMILES string of the molecule is CCc1nnc(Nc2cc(C3CCCN3Cc3cnc[nH]3)nc(C)n2)s1. The number of nitrogens with one attached hydrogen (secondary N) is 2. The van der Waals surface area contributed by atoms with E-state index in [1.165, 1.54) is 6.42 Å². The van der Waals surface area contributed by atoms with Crippen molar-refractivity contribution in [3.05, 3.63) is 40.8 Å². The van der Waals surface area contributed by atoms with Crippen molar-refractivity contribution in [1.82, 2.24) is 35.0 Å². The summed E-state index contributed by atoms with van der Waals surface area (Å²) in [7, 11) is 0. The summed E-state index contributed by atoms with van der Waals surface area (Å²) in [6.45, 7) is 5.92. The lowest BCUT2D eigenvalue weighted by molar-refractivity contribution is 0.241. The van der Waals surface area contributed by atoms with Gasteiger partial charge in [-0.25, -0.2) is 15.0 Å². The van der Waals surface area contributed by atoms with E-state index in [4.69, 9.17) is 4.98 Å². The van der Waals surface area contributed by atoms with Crippen molar-refractivity contribution in [3.8, 4) is 0 Å². The minimum Gasteiger partial charge on any atom is -0.347 e. The van der Waals surface area contributed by atoms with Gasteiger partial charge in [-0.1, -0.05) is 18.3 Å². The van der Waals surface area contributed by atoms with Gasteiger partial charge in [-0.05, 0) is 32.7 Å². The van der Waals surface area contributed by atoms with Crippen molar-refractivity contribution in [1.29, 1.82) is 0 Å². The van der Waals surface area contributed by atoms with E-state index < -0.39 is 0 Å². The van der Waals surface area contributed by atoms with Crippen molar-refractivity contribution >= 4 is 22.3 Å². The summed E-state index contributed by atoms with van der Waals surface area (Å²) < 4.78 is 0. The largest absolute Gasteiger partial charge is 0.347 e. The topological polar surface area (TPSA) is 95.5 Å². The molecule has 4 rings (SSSR count). The maximum atomic E-state index is 4.71. The Morgan fingerprint density at radius 2 is 2.27 bits per heavy atom. The molecule has 8 nitrogen and oxygen atoms in total. The summed E-state index contributed by atoms with van der Waals surface area (Å²) in [5.74, 6) is 1.54. The van der Waals surface area contributed by atoms with Crippen LogP contribution in [0.25, 0.3) is 0 Å². The van der Waals surface area contributed by atoms with Crippen molar-refractivity contribution in [2.75, 3.05) is 11.9 Å². The number of imidazole rings is 1. The predicted molar refractivity (Wildman–Crippen MR) is 100 cm³/mol. The molecule has 1 unspecified atom stereocenters. The van der Waals surface area contributed by atoms with Gasteiger partial charge in [-0.2, -0.15) is 0 Å². The van der Waals surface area contributed by atoms with Crippen LogP contribution in [0.2, 0.25) is 0 Å². The number of aryl methyl sites for hydroxylation is 2. The van der Waals surface area contributed by atoms with E-state index in [2.05, 4.69) is 42.3 Å². The molecular formula is C17H22N8S. The van der Waals surface area contributed by atoms with Gasteiger partial charge in [-0.15, -0.1) is 10.2 Å². The Hall–Kier alpha value is -2.39. The molecule has 1 aliphatic heterocycles. The first-order valence-electron chi connectivity index (χ1n) is 8.87. The van der Waals surface area contributed by atoms with Crippen LogP contribution in [0.3, 0.4) is 0 Å². The quantitative estimate of drug-likeness (QED) is 0.688. The summed E-state index contributed by atoms with van der Waals surface area (Å²) in [6.07, 6.45) is 6.76. The molecule has 0 aliphatic carbocycles. The monoisotopic (exact) mass is 370 g/mol. The number of H-pyrrole nitrogens is 1. The third-order valence-electron chi connectivity index (χ3n) is 4.50. The molecule has 0 aromatic carbocycles. The lowest BCUT2D eigenvalue weighted by Gasteiger charge is -2.23. The van der Waals surface area contributed by atoms with Gasteiger partial charge in [0.25, 0.3) is 0 Å². The Morgan fingerprint density at radius 3 is 3.04 bits per heavy atom. The van der Waals surface area contributed by atoms with Gasteiger partial charge < -0.3 is 10.3 Å². The van der Waals surface area contributed by atoms with E-state index >= 15 is 0 Å². The van der Waals surface area contributed by atoms with E-state index in [-0.39, 0.29) is 0 Å². The number of rotatable bonds is 6. The number of anilines is 2. The average Bonchev–Trinajstić information content (AvgIpc) is 3.36.